The lowest BCUT2D eigenvalue weighted by molar-refractivity contribution is -0.110. The van der Waals surface area contributed by atoms with Crippen molar-refractivity contribution in [2.45, 2.75) is 19.1 Å². The summed E-state index contributed by atoms with van der Waals surface area (Å²) < 4.78 is 41.9. The summed E-state index contributed by atoms with van der Waals surface area (Å²) in [6.45, 7) is -3.13. The van der Waals surface area contributed by atoms with Gasteiger partial charge in [-0.15, -0.1) is 0 Å². The summed E-state index contributed by atoms with van der Waals surface area (Å²) in [5.74, 6) is -2.16. The molecule has 0 aromatic heterocycles. The van der Waals surface area contributed by atoms with E-state index in [0.717, 1.165) is 17.7 Å². The second kappa shape index (κ2) is 7.25. The number of halogens is 3. The summed E-state index contributed by atoms with van der Waals surface area (Å²) in [7, 11) is 0. The number of nitrogens with one attached hydrogen (secondary N) is 1. The monoisotopic (exact) mass is 350 g/mol. The molecule has 0 radical (unpaired) electrons. The minimum absolute atomic E-state index is 0.0926. The lowest BCUT2D eigenvalue weighted by Crippen LogP contribution is -2.22. The first-order valence-electron chi connectivity index (χ1n) is 7.36. The van der Waals surface area contributed by atoms with Gasteiger partial charge in [0.15, 0.2) is 17.7 Å². The molecule has 0 aliphatic carbocycles. The van der Waals surface area contributed by atoms with Crippen molar-refractivity contribution >= 4 is 17.3 Å². The van der Waals surface area contributed by atoms with Crippen LogP contribution in [0.5, 0.6) is 5.75 Å². The molecule has 0 saturated heterocycles. The molecule has 1 aliphatic rings. The summed E-state index contributed by atoms with van der Waals surface area (Å²) >= 11 is 0. The largest absolute Gasteiger partial charge is 0.432 e. The number of alkyl halides is 2. The van der Waals surface area contributed by atoms with E-state index in [1.54, 1.807) is 0 Å². The highest BCUT2D eigenvalue weighted by Gasteiger charge is 2.27. The molecule has 8 heteroatoms. The van der Waals surface area contributed by atoms with Crippen LogP contribution in [0.25, 0.3) is 0 Å². The third-order valence-electron chi connectivity index (χ3n) is 3.51. The molecule has 0 spiro atoms. The molecule has 130 valence electrons. The molecule has 1 atom stereocenters. The van der Waals surface area contributed by atoms with E-state index in [-0.39, 0.29) is 23.9 Å². The number of oxime groups is 1. The molecule has 0 saturated carbocycles. The second-order valence-electron chi connectivity index (χ2n) is 5.22. The Morgan fingerprint density at radius 3 is 2.68 bits per heavy atom. The van der Waals surface area contributed by atoms with E-state index in [2.05, 4.69) is 15.2 Å². The number of carbonyl (C=O) groups is 1. The number of amides is 1. The number of nitrogens with zero attached hydrogens (tertiary/aromatic N) is 1. The minimum atomic E-state index is -3.13. The molecule has 0 bridgehead atoms. The number of anilines is 1. The molecule has 2 aromatic rings. The zero-order valence-electron chi connectivity index (χ0n) is 12.8. The third-order valence-corrected chi connectivity index (χ3v) is 3.51. The van der Waals surface area contributed by atoms with Crippen molar-refractivity contribution in [2.24, 2.45) is 5.16 Å². The maximum atomic E-state index is 13.7. The van der Waals surface area contributed by atoms with Gasteiger partial charge in [0.05, 0.1) is 0 Å². The van der Waals surface area contributed by atoms with Crippen LogP contribution in [0, 0.1) is 5.82 Å². The normalized spacial score (nSPS) is 16.3. The van der Waals surface area contributed by atoms with Crippen molar-refractivity contribution in [3.05, 3.63) is 59.9 Å². The molecule has 3 rings (SSSR count). The van der Waals surface area contributed by atoms with Crippen LogP contribution < -0.4 is 10.1 Å². The molecule has 1 aliphatic heterocycles. The predicted octanol–water partition coefficient (Wildman–Crippen LogP) is 3.88. The average Bonchev–Trinajstić information content (AvgIpc) is 3.08. The number of rotatable bonds is 5. The van der Waals surface area contributed by atoms with E-state index in [4.69, 9.17) is 4.84 Å². The Kier molecular flexibility index (Phi) is 4.87. The van der Waals surface area contributed by atoms with E-state index >= 15 is 0 Å². The van der Waals surface area contributed by atoms with Gasteiger partial charge in [0.1, 0.15) is 5.71 Å². The van der Waals surface area contributed by atoms with Gasteiger partial charge in [0, 0.05) is 18.2 Å². The molecular formula is C17H13F3N2O3. The molecule has 1 heterocycles. The second-order valence-corrected chi connectivity index (χ2v) is 5.22. The van der Waals surface area contributed by atoms with Crippen LogP contribution in [0.4, 0.5) is 18.9 Å². The maximum Gasteiger partial charge on any atom is 0.387 e. The first kappa shape index (κ1) is 16.8. The Bertz CT molecular complexity index is 797. The fourth-order valence-electron chi connectivity index (χ4n) is 2.33. The van der Waals surface area contributed by atoms with E-state index in [1.807, 2.05) is 30.3 Å². The summed E-state index contributed by atoms with van der Waals surface area (Å²) in [5.41, 5.74) is 1.13. The van der Waals surface area contributed by atoms with Gasteiger partial charge in [-0.3, -0.25) is 4.79 Å². The molecule has 1 N–H and O–H groups in total. The van der Waals surface area contributed by atoms with E-state index in [9.17, 15) is 18.0 Å². The quantitative estimate of drug-likeness (QED) is 0.890. The van der Waals surface area contributed by atoms with Crippen LogP contribution in [-0.2, 0) is 9.63 Å². The smallest absolute Gasteiger partial charge is 0.387 e. The lowest BCUT2D eigenvalue weighted by Gasteiger charge is -2.09. The molecule has 1 unspecified atom stereocenters. The number of ether oxygens (including phenoxy) is 1. The molecule has 0 fully saturated rings. The minimum Gasteiger partial charge on any atom is -0.432 e. The fraction of sp³-hybridized carbons (Fsp3) is 0.176. The average molecular weight is 350 g/mol. The van der Waals surface area contributed by atoms with Gasteiger partial charge in [-0.1, -0.05) is 35.5 Å². The zero-order chi connectivity index (χ0) is 17.8. The highest BCUT2D eigenvalue weighted by molar-refractivity contribution is 6.43. The zero-order valence-corrected chi connectivity index (χ0v) is 12.8. The number of hydrogen-bond donors (Lipinski definition) is 1. The molecule has 1 amide bonds. The van der Waals surface area contributed by atoms with Gasteiger partial charge in [0.2, 0.25) is 0 Å². The van der Waals surface area contributed by atoms with Crippen LogP contribution in [0.3, 0.4) is 0 Å². The van der Waals surface area contributed by atoms with Gasteiger partial charge in [-0.05, 0) is 17.7 Å². The number of carbonyl (C=O) groups excluding carboxylic acids is 1. The maximum absolute atomic E-state index is 13.7. The Morgan fingerprint density at radius 1 is 1.24 bits per heavy atom. The Balaban J connectivity index is 1.62. The van der Waals surface area contributed by atoms with E-state index < -0.39 is 24.1 Å². The van der Waals surface area contributed by atoms with Crippen molar-refractivity contribution in [2.75, 3.05) is 5.32 Å². The highest BCUT2D eigenvalue weighted by atomic mass is 19.3. The van der Waals surface area contributed by atoms with E-state index in [0.29, 0.717) is 0 Å². The van der Waals surface area contributed by atoms with Gasteiger partial charge < -0.3 is 14.9 Å². The van der Waals surface area contributed by atoms with Crippen molar-refractivity contribution in [1.29, 1.82) is 0 Å². The third kappa shape index (κ3) is 4.09. The summed E-state index contributed by atoms with van der Waals surface area (Å²) in [6.07, 6.45) is -0.0919. The molecule has 5 nitrogen and oxygen atoms in total. The molecular weight excluding hydrogens is 337 g/mol. The lowest BCUT2D eigenvalue weighted by atomic mass is 10.0. The van der Waals surface area contributed by atoms with Crippen LogP contribution in [0.1, 0.15) is 18.1 Å². The van der Waals surface area contributed by atoms with Gasteiger partial charge in [-0.2, -0.15) is 8.78 Å². The number of benzene rings is 2. The Morgan fingerprint density at radius 2 is 2.00 bits per heavy atom. The van der Waals surface area contributed by atoms with Gasteiger partial charge >= 0.3 is 6.61 Å². The predicted molar refractivity (Wildman–Crippen MR) is 84.0 cm³/mol. The fourth-order valence-corrected chi connectivity index (χ4v) is 2.33. The first-order chi connectivity index (χ1) is 12.0. The highest BCUT2D eigenvalue weighted by Crippen LogP contribution is 2.28. The SMILES string of the molecule is O=C(Nc1ccc(OC(F)F)c(F)c1)C1=NOC(c2ccccc2)C1. The van der Waals surface area contributed by atoms with E-state index in [1.165, 1.54) is 6.07 Å². The first-order valence-corrected chi connectivity index (χ1v) is 7.36. The van der Waals surface area contributed by atoms with Crippen LogP contribution in [0.15, 0.2) is 53.7 Å². The van der Waals surface area contributed by atoms with Crippen LogP contribution in [0.2, 0.25) is 0 Å². The van der Waals surface area contributed by atoms with Crippen molar-refractivity contribution in [3.63, 3.8) is 0 Å². The van der Waals surface area contributed by atoms with Crippen molar-refractivity contribution in [3.8, 4) is 5.75 Å². The van der Waals surface area contributed by atoms with Crippen molar-refractivity contribution < 1.29 is 27.5 Å². The topological polar surface area (TPSA) is 59.9 Å². The Labute approximate surface area is 141 Å². The standard InChI is InChI=1S/C17H13F3N2O3/c18-12-8-11(6-7-14(12)24-17(19)20)21-16(23)13-9-15(25-22-13)10-4-2-1-3-5-10/h1-8,15,17H,9H2,(H,21,23). The van der Waals surface area contributed by atoms with Gasteiger partial charge in [-0.25, -0.2) is 4.39 Å². The number of hydrogen-bond acceptors (Lipinski definition) is 4. The molecule has 25 heavy (non-hydrogen) atoms. The molecule has 2 aromatic carbocycles. The summed E-state index contributed by atoms with van der Waals surface area (Å²) in [6, 6.07) is 12.4. The van der Waals surface area contributed by atoms with Gasteiger partial charge in [0.25, 0.3) is 5.91 Å². The summed E-state index contributed by atoms with van der Waals surface area (Å²) in [4.78, 5) is 17.4. The van der Waals surface area contributed by atoms with Crippen LogP contribution >= 0.6 is 0 Å². The van der Waals surface area contributed by atoms with Crippen LogP contribution in [-0.4, -0.2) is 18.2 Å². The summed E-state index contributed by atoms with van der Waals surface area (Å²) in [5, 5.41) is 6.20. The Hall–Kier alpha value is -3.03. The van der Waals surface area contributed by atoms with Crippen molar-refractivity contribution in [1.82, 2.24) is 0 Å².